The van der Waals surface area contributed by atoms with Gasteiger partial charge >= 0.3 is 0 Å². The molecule has 1 saturated heterocycles. The molecule has 0 saturated carbocycles. The van der Waals surface area contributed by atoms with E-state index in [4.69, 9.17) is 16.3 Å². The fraction of sp³-hybridized carbons (Fsp3) is 0.261. The largest absolute Gasteiger partial charge is 0.480 e. The Bertz CT molecular complexity index is 1090. The first-order chi connectivity index (χ1) is 15.5. The normalized spacial score (nSPS) is 13.7. The molecule has 166 valence electrons. The molecule has 4 rings (SSSR count). The molecule has 0 spiro atoms. The highest BCUT2D eigenvalue weighted by Gasteiger charge is 2.22. The first-order valence-electron chi connectivity index (χ1n) is 10.2. The third kappa shape index (κ3) is 5.08. The Morgan fingerprint density at radius 1 is 1.12 bits per heavy atom. The van der Waals surface area contributed by atoms with Gasteiger partial charge in [-0.15, -0.1) is 0 Å². The summed E-state index contributed by atoms with van der Waals surface area (Å²) in [6.07, 6.45) is 1.48. The first kappa shape index (κ1) is 21.8. The van der Waals surface area contributed by atoms with E-state index in [9.17, 15) is 9.18 Å². The van der Waals surface area contributed by atoms with Gasteiger partial charge in [0.05, 0.1) is 7.11 Å². The van der Waals surface area contributed by atoms with Crippen molar-refractivity contribution in [2.45, 2.75) is 6.54 Å². The van der Waals surface area contributed by atoms with Crippen LogP contribution < -0.4 is 19.9 Å². The average molecular weight is 456 g/mol. The van der Waals surface area contributed by atoms with Crippen molar-refractivity contribution in [2.75, 3.05) is 43.1 Å². The monoisotopic (exact) mass is 455 g/mol. The second kappa shape index (κ2) is 9.82. The summed E-state index contributed by atoms with van der Waals surface area (Å²) in [5, 5.41) is 3.50. The summed E-state index contributed by atoms with van der Waals surface area (Å²) in [4.78, 5) is 25.8. The van der Waals surface area contributed by atoms with Crippen LogP contribution in [0.3, 0.4) is 0 Å². The Labute approximate surface area is 190 Å². The van der Waals surface area contributed by atoms with Gasteiger partial charge in [0.2, 0.25) is 11.8 Å². The standard InChI is InChI=1S/C23H23ClFN5O2/c1-32-22-20(21(31)26-14-16-5-7-18(25)8-6-16)15-27-23(28-22)30-11-9-29(10-12-30)19-4-2-3-17(24)13-19/h2-8,13,15H,9-12,14H2,1H3,(H,26,31). The minimum atomic E-state index is -0.358. The van der Waals surface area contributed by atoms with Gasteiger partial charge in [-0.2, -0.15) is 4.98 Å². The minimum Gasteiger partial charge on any atom is -0.480 e. The van der Waals surface area contributed by atoms with Gasteiger partial charge in [-0.1, -0.05) is 29.8 Å². The molecular weight excluding hydrogens is 433 g/mol. The minimum absolute atomic E-state index is 0.212. The van der Waals surface area contributed by atoms with Crippen LogP contribution in [0.2, 0.25) is 5.02 Å². The molecule has 0 radical (unpaired) electrons. The predicted octanol–water partition coefficient (Wildman–Crippen LogP) is 3.53. The number of carbonyl (C=O) groups is 1. The van der Waals surface area contributed by atoms with Crippen LogP contribution in [0, 0.1) is 5.82 Å². The third-order valence-electron chi connectivity index (χ3n) is 5.28. The number of halogens is 2. The molecule has 1 amide bonds. The summed E-state index contributed by atoms with van der Waals surface area (Å²) in [6.45, 7) is 3.31. The number of nitrogens with one attached hydrogen (secondary N) is 1. The van der Waals surface area contributed by atoms with E-state index in [0.717, 1.165) is 37.4 Å². The number of nitrogens with zero attached hydrogens (tertiary/aromatic N) is 4. The number of hydrogen-bond acceptors (Lipinski definition) is 6. The molecule has 0 bridgehead atoms. The van der Waals surface area contributed by atoms with E-state index < -0.39 is 0 Å². The SMILES string of the molecule is COc1nc(N2CCN(c3cccc(Cl)c3)CC2)ncc1C(=O)NCc1ccc(F)cc1. The van der Waals surface area contributed by atoms with E-state index in [1.165, 1.54) is 25.4 Å². The zero-order valence-electron chi connectivity index (χ0n) is 17.6. The van der Waals surface area contributed by atoms with Crippen LogP contribution in [0.4, 0.5) is 16.0 Å². The molecule has 0 atom stereocenters. The van der Waals surface area contributed by atoms with Crippen LogP contribution in [0.25, 0.3) is 0 Å². The van der Waals surface area contributed by atoms with E-state index in [0.29, 0.717) is 11.0 Å². The van der Waals surface area contributed by atoms with Crippen molar-refractivity contribution in [1.29, 1.82) is 0 Å². The highest BCUT2D eigenvalue weighted by molar-refractivity contribution is 6.30. The molecule has 0 aliphatic carbocycles. The zero-order valence-corrected chi connectivity index (χ0v) is 18.3. The fourth-order valence-corrected chi connectivity index (χ4v) is 3.72. The number of benzene rings is 2. The number of ether oxygens (including phenoxy) is 1. The lowest BCUT2D eigenvalue weighted by atomic mass is 10.2. The Balaban J connectivity index is 1.39. The summed E-state index contributed by atoms with van der Waals surface area (Å²) in [5.74, 6) is 0.0502. The van der Waals surface area contributed by atoms with E-state index >= 15 is 0 Å². The van der Waals surface area contributed by atoms with Gasteiger partial charge in [-0.05, 0) is 35.9 Å². The lowest BCUT2D eigenvalue weighted by molar-refractivity contribution is 0.0946. The van der Waals surface area contributed by atoms with Gasteiger partial charge in [0.25, 0.3) is 5.91 Å². The van der Waals surface area contributed by atoms with Crippen LogP contribution in [0.5, 0.6) is 5.88 Å². The number of aromatic nitrogens is 2. The van der Waals surface area contributed by atoms with Gasteiger partial charge in [0, 0.05) is 49.6 Å². The average Bonchev–Trinajstić information content (AvgIpc) is 2.83. The van der Waals surface area contributed by atoms with Gasteiger partial charge in [0.15, 0.2) is 0 Å². The highest BCUT2D eigenvalue weighted by Crippen LogP contribution is 2.23. The van der Waals surface area contributed by atoms with Crippen molar-refractivity contribution in [2.24, 2.45) is 0 Å². The Kier molecular flexibility index (Phi) is 6.70. The summed E-state index contributed by atoms with van der Waals surface area (Å²) in [7, 11) is 1.47. The summed E-state index contributed by atoms with van der Waals surface area (Å²) in [6, 6.07) is 13.7. The number of piperazine rings is 1. The topological polar surface area (TPSA) is 70.6 Å². The van der Waals surface area contributed by atoms with Gasteiger partial charge in [-0.3, -0.25) is 4.79 Å². The third-order valence-corrected chi connectivity index (χ3v) is 5.52. The fourth-order valence-electron chi connectivity index (χ4n) is 3.54. The Hall–Kier alpha value is -3.39. The molecule has 1 N–H and O–H groups in total. The second-order valence-electron chi connectivity index (χ2n) is 7.36. The van der Waals surface area contributed by atoms with Gasteiger partial charge < -0.3 is 19.9 Å². The molecule has 2 aromatic carbocycles. The van der Waals surface area contributed by atoms with Crippen molar-refractivity contribution >= 4 is 29.1 Å². The molecule has 7 nitrogen and oxygen atoms in total. The quantitative estimate of drug-likeness (QED) is 0.613. The van der Waals surface area contributed by atoms with Crippen molar-refractivity contribution in [3.8, 4) is 5.88 Å². The van der Waals surface area contributed by atoms with Crippen LogP contribution in [-0.4, -0.2) is 49.2 Å². The molecule has 0 unspecified atom stereocenters. The number of hydrogen-bond donors (Lipinski definition) is 1. The molecule has 32 heavy (non-hydrogen) atoms. The molecule has 2 heterocycles. The molecule has 1 aliphatic heterocycles. The predicted molar refractivity (Wildman–Crippen MR) is 122 cm³/mol. The summed E-state index contributed by atoms with van der Waals surface area (Å²) >= 11 is 6.11. The van der Waals surface area contributed by atoms with Crippen LogP contribution in [-0.2, 0) is 6.54 Å². The Morgan fingerprint density at radius 3 is 2.53 bits per heavy atom. The van der Waals surface area contributed by atoms with Gasteiger partial charge in [0.1, 0.15) is 11.4 Å². The molecule has 1 fully saturated rings. The number of amides is 1. The first-order valence-corrected chi connectivity index (χ1v) is 10.6. The molecular formula is C23H23ClFN5O2. The van der Waals surface area contributed by atoms with E-state index in [2.05, 4.69) is 25.1 Å². The number of rotatable bonds is 6. The van der Waals surface area contributed by atoms with Crippen molar-refractivity contribution in [3.63, 3.8) is 0 Å². The number of carbonyl (C=O) groups excluding carboxylic acids is 1. The van der Waals surface area contributed by atoms with Gasteiger partial charge in [-0.25, -0.2) is 9.37 Å². The molecule has 3 aromatic rings. The maximum absolute atomic E-state index is 13.0. The smallest absolute Gasteiger partial charge is 0.258 e. The van der Waals surface area contributed by atoms with Crippen LogP contribution in [0.1, 0.15) is 15.9 Å². The van der Waals surface area contributed by atoms with E-state index in [-0.39, 0.29) is 29.7 Å². The molecule has 1 aromatic heterocycles. The van der Waals surface area contributed by atoms with Crippen LogP contribution in [0.15, 0.2) is 54.7 Å². The number of anilines is 2. The van der Waals surface area contributed by atoms with E-state index in [1.807, 2.05) is 24.3 Å². The maximum Gasteiger partial charge on any atom is 0.258 e. The van der Waals surface area contributed by atoms with Crippen molar-refractivity contribution in [3.05, 3.63) is 76.7 Å². The zero-order chi connectivity index (χ0) is 22.5. The second-order valence-corrected chi connectivity index (χ2v) is 7.79. The van der Waals surface area contributed by atoms with Crippen molar-refractivity contribution in [1.82, 2.24) is 15.3 Å². The number of methoxy groups -OCH3 is 1. The molecule has 1 aliphatic rings. The molecule has 9 heteroatoms. The van der Waals surface area contributed by atoms with E-state index in [1.54, 1.807) is 12.1 Å². The van der Waals surface area contributed by atoms with Crippen LogP contribution >= 0.6 is 11.6 Å². The summed E-state index contributed by atoms with van der Waals surface area (Å²) in [5.41, 5.74) is 2.12. The highest BCUT2D eigenvalue weighted by atomic mass is 35.5. The maximum atomic E-state index is 13.0. The lowest BCUT2D eigenvalue weighted by Gasteiger charge is -2.36. The lowest BCUT2D eigenvalue weighted by Crippen LogP contribution is -2.47. The summed E-state index contributed by atoms with van der Waals surface area (Å²) < 4.78 is 18.4. The Morgan fingerprint density at radius 2 is 1.84 bits per heavy atom. The van der Waals surface area contributed by atoms with Crippen molar-refractivity contribution < 1.29 is 13.9 Å².